The molecule has 0 N–H and O–H groups in total. The van der Waals surface area contributed by atoms with E-state index in [1.54, 1.807) is 6.20 Å². The van der Waals surface area contributed by atoms with Crippen LogP contribution >= 0.6 is 0 Å². The molecule has 8 aromatic rings. The summed E-state index contributed by atoms with van der Waals surface area (Å²) in [6.07, 6.45) is 1.79. The predicted molar refractivity (Wildman–Crippen MR) is 164 cm³/mol. The minimum absolute atomic E-state index is 0. The summed E-state index contributed by atoms with van der Waals surface area (Å²) in [6, 6.07) is 46.5. The van der Waals surface area contributed by atoms with Gasteiger partial charge in [-0.15, -0.1) is 54.1 Å². The monoisotopic (exact) mass is 721 g/mol. The Bertz CT molecular complexity index is 2070. The number of rotatable bonds is 3. The van der Waals surface area contributed by atoms with Crippen molar-refractivity contribution in [1.29, 1.82) is 0 Å². The zero-order chi connectivity index (χ0) is 27.6. The van der Waals surface area contributed by atoms with Gasteiger partial charge >= 0.3 is 0 Å². The summed E-state index contributed by atoms with van der Waals surface area (Å²) in [6.45, 7) is 1.98. The summed E-state index contributed by atoms with van der Waals surface area (Å²) in [4.78, 5) is 13.8. The van der Waals surface area contributed by atoms with E-state index in [-0.39, 0.29) is 20.1 Å². The van der Waals surface area contributed by atoms with Crippen LogP contribution in [0.2, 0.25) is 0 Å². The summed E-state index contributed by atoms with van der Waals surface area (Å²) in [5.74, 6) is 0.772. The average molecular weight is 721 g/mol. The molecular formula is C36H24IrN4O-2. The predicted octanol–water partition coefficient (Wildman–Crippen LogP) is 8.64. The van der Waals surface area contributed by atoms with E-state index >= 15 is 0 Å². The first-order valence-electron chi connectivity index (χ1n) is 13.4. The maximum atomic E-state index is 6.24. The van der Waals surface area contributed by atoms with Crippen molar-refractivity contribution in [2.75, 3.05) is 0 Å². The first-order valence-corrected chi connectivity index (χ1v) is 13.4. The van der Waals surface area contributed by atoms with Gasteiger partial charge in [0.15, 0.2) is 5.65 Å². The van der Waals surface area contributed by atoms with Crippen LogP contribution in [0.25, 0.3) is 61.4 Å². The van der Waals surface area contributed by atoms with Crippen LogP contribution in [0.15, 0.2) is 132 Å². The van der Waals surface area contributed by atoms with Crippen LogP contribution in [0.3, 0.4) is 0 Å². The van der Waals surface area contributed by atoms with Crippen LogP contribution in [0, 0.1) is 19.1 Å². The van der Waals surface area contributed by atoms with E-state index in [2.05, 4.69) is 50.9 Å². The average Bonchev–Trinajstić information content (AvgIpc) is 3.61. The summed E-state index contributed by atoms with van der Waals surface area (Å²) in [5.41, 5.74) is 8.13. The first kappa shape index (κ1) is 27.3. The normalized spacial score (nSPS) is 10.8. The van der Waals surface area contributed by atoms with Gasteiger partial charge in [-0.05, 0) is 49.0 Å². The molecular weight excluding hydrogens is 697 g/mol. The van der Waals surface area contributed by atoms with Gasteiger partial charge < -0.3 is 14.0 Å². The van der Waals surface area contributed by atoms with Gasteiger partial charge in [0.2, 0.25) is 0 Å². The van der Waals surface area contributed by atoms with Crippen molar-refractivity contribution in [3.63, 3.8) is 0 Å². The molecule has 0 bridgehead atoms. The number of hydrogen-bond acceptors (Lipinski definition) is 4. The van der Waals surface area contributed by atoms with Gasteiger partial charge in [-0.1, -0.05) is 59.5 Å². The molecule has 0 amide bonds. The molecule has 4 heterocycles. The maximum Gasteiger partial charge on any atom is 0.168 e. The van der Waals surface area contributed by atoms with E-state index < -0.39 is 0 Å². The second kappa shape index (κ2) is 11.9. The molecule has 0 atom stereocenters. The van der Waals surface area contributed by atoms with Gasteiger partial charge in [-0.25, -0.2) is 4.98 Å². The van der Waals surface area contributed by atoms with E-state index in [1.807, 2.05) is 104 Å². The van der Waals surface area contributed by atoms with Crippen LogP contribution in [0.5, 0.6) is 0 Å². The number of aromatic nitrogens is 4. The Labute approximate surface area is 256 Å². The van der Waals surface area contributed by atoms with Gasteiger partial charge in [0, 0.05) is 43.1 Å². The minimum Gasteiger partial charge on any atom is -0.501 e. The fourth-order valence-electron chi connectivity index (χ4n) is 4.99. The fraction of sp³-hybridized carbons (Fsp3) is 0.0278. The number of imidazole rings is 1. The van der Waals surface area contributed by atoms with Gasteiger partial charge in [-0.2, -0.15) is 0 Å². The number of fused-ring (bicyclic) bond motifs is 4. The van der Waals surface area contributed by atoms with Crippen molar-refractivity contribution in [2.45, 2.75) is 6.92 Å². The molecule has 0 fully saturated rings. The molecule has 0 spiro atoms. The molecule has 42 heavy (non-hydrogen) atoms. The maximum absolute atomic E-state index is 6.24. The smallest absolute Gasteiger partial charge is 0.168 e. The Kier molecular flexibility index (Phi) is 7.74. The third-order valence-electron chi connectivity index (χ3n) is 6.88. The molecule has 0 saturated carbocycles. The Morgan fingerprint density at radius 1 is 0.690 bits per heavy atom. The number of hydrogen-bond donors (Lipinski definition) is 0. The van der Waals surface area contributed by atoms with Crippen LogP contribution in [0.1, 0.15) is 5.69 Å². The zero-order valence-electron chi connectivity index (χ0n) is 22.7. The van der Waals surface area contributed by atoms with Gasteiger partial charge in [0.25, 0.3) is 0 Å². The largest absolute Gasteiger partial charge is 0.501 e. The number of benzene rings is 4. The fourth-order valence-corrected chi connectivity index (χ4v) is 4.99. The molecule has 0 unspecified atom stereocenters. The van der Waals surface area contributed by atoms with Crippen molar-refractivity contribution >= 4 is 33.1 Å². The van der Waals surface area contributed by atoms with Crippen molar-refractivity contribution in [3.05, 3.63) is 145 Å². The van der Waals surface area contributed by atoms with Crippen LogP contribution in [-0.4, -0.2) is 19.5 Å². The number of furan rings is 1. The molecule has 1 radical (unpaired) electrons. The Morgan fingerprint density at radius 2 is 1.50 bits per heavy atom. The van der Waals surface area contributed by atoms with E-state index in [4.69, 9.17) is 9.40 Å². The summed E-state index contributed by atoms with van der Waals surface area (Å²) in [7, 11) is 0. The van der Waals surface area contributed by atoms with Crippen molar-refractivity contribution in [2.24, 2.45) is 0 Å². The molecule has 4 aromatic heterocycles. The number of para-hydroxylation sites is 2. The molecule has 0 aliphatic rings. The molecule has 205 valence electrons. The Balaban J connectivity index is 0.000000205. The standard InChI is InChI=1S/C25H16N3O.C11H8N.Ir/c1-16-14-15-21-24(26-16)27-25(28(21)17-8-3-2-4-9-17)20-12-7-11-19-18-10-5-6-13-22(18)29-23(19)20;1-2-6-10(7-3-1)11-8-4-5-9-12-11;/h2-11,13-15H,1H3;1-6,8-9H;/q2*-1;. The van der Waals surface area contributed by atoms with E-state index in [9.17, 15) is 0 Å². The number of pyridine rings is 2. The SMILES string of the molecule is Cc1ccc2c(n1)nc(-c1[c-]ccc3c1oc1ccccc13)n2-c1ccccc1.[Ir].[c-]1ccccc1-c1ccccn1. The quantitative estimate of drug-likeness (QED) is 0.172. The molecule has 0 aliphatic heterocycles. The summed E-state index contributed by atoms with van der Waals surface area (Å²) < 4.78 is 8.37. The van der Waals surface area contributed by atoms with Crippen LogP contribution < -0.4 is 0 Å². The second-order valence-corrected chi connectivity index (χ2v) is 9.59. The van der Waals surface area contributed by atoms with Crippen LogP contribution in [-0.2, 0) is 20.1 Å². The molecule has 0 aliphatic carbocycles. The third kappa shape index (κ3) is 5.14. The number of aryl methyl sites for hydroxylation is 1. The van der Waals surface area contributed by atoms with Crippen molar-refractivity contribution in [1.82, 2.24) is 19.5 Å². The topological polar surface area (TPSA) is 56.7 Å². The molecule has 0 saturated heterocycles. The number of nitrogens with zero attached hydrogens (tertiary/aromatic N) is 4. The van der Waals surface area contributed by atoms with Gasteiger partial charge in [-0.3, -0.25) is 4.98 Å². The summed E-state index contributed by atoms with van der Waals surface area (Å²) >= 11 is 0. The molecule has 5 nitrogen and oxygen atoms in total. The van der Waals surface area contributed by atoms with Crippen molar-refractivity contribution < 1.29 is 24.5 Å². The minimum atomic E-state index is 0. The Morgan fingerprint density at radius 3 is 2.31 bits per heavy atom. The first-order chi connectivity index (χ1) is 20.3. The molecule has 4 aromatic carbocycles. The van der Waals surface area contributed by atoms with Gasteiger partial charge in [0.1, 0.15) is 5.58 Å². The second-order valence-electron chi connectivity index (χ2n) is 9.59. The van der Waals surface area contributed by atoms with E-state index in [0.29, 0.717) is 5.65 Å². The molecule has 6 heteroatoms. The van der Waals surface area contributed by atoms with Gasteiger partial charge in [0.05, 0.1) is 16.9 Å². The third-order valence-corrected chi connectivity index (χ3v) is 6.88. The Hall–Kier alpha value is -4.90. The van der Waals surface area contributed by atoms with E-state index in [0.717, 1.165) is 61.5 Å². The van der Waals surface area contributed by atoms with Crippen molar-refractivity contribution in [3.8, 4) is 28.3 Å². The van der Waals surface area contributed by atoms with E-state index in [1.165, 1.54) is 0 Å². The van der Waals surface area contributed by atoms with Crippen LogP contribution in [0.4, 0.5) is 0 Å². The molecule has 8 rings (SSSR count). The zero-order valence-corrected chi connectivity index (χ0v) is 25.0. The summed E-state index contributed by atoms with van der Waals surface area (Å²) in [5, 5.41) is 2.15.